The number of hydrogen-bond donors (Lipinski definition) is 1. The van der Waals surface area contributed by atoms with Crippen LogP contribution in [-0.4, -0.2) is 24.5 Å². The Balaban J connectivity index is 2.12. The quantitative estimate of drug-likeness (QED) is 0.911. The summed E-state index contributed by atoms with van der Waals surface area (Å²) >= 11 is 0. The highest BCUT2D eigenvalue weighted by Gasteiger charge is 2.23. The molecule has 0 amide bonds. The maximum Gasteiger partial charge on any atom is 0.126 e. The van der Waals surface area contributed by atoms with Crippen molar-refractivity contribution < 1.29 is 4.39 Å². The highest BCUT2D eigenvalue weighted by atomic mass is 19.1. The van der Waals surface area contributed by atoms with E-state index in [0.717, 1.165) is 24.6 Å². The third kappa shape index (κ3) is 3.58. The Morgan fingerprint density at radius 1 is 1.35 bits per heavy atom. The van der Waals surface area contributed by atoms with Crippen LogP contribution >= 0.6 is 0 Å². The number of aryl methyl sites for hydroxylation is 1. The number of halogens is 1. The maximum atomic E-state index is 13.8. The molecule has 0 aromatic heterocycles. The van der Waals surface area contributed by atoms with Crippen molar-refractivity contribution in [3.8, 4) is 0 Å². The molecule has 2 unspecified atom stereocenters. The average Bonchev–Trinajstić information content (AvgIpc) is 2.69. The lowest BCUT2D eigenvalue weighted by Crippen LogP contribution is -2.34. The molecule has 2 rings (SSSR count). The van der Waals surface area contributed by atoms with Crippen molar-refractivity contribution in [1.29, 1.82) is 0 Å². The summed E-state index contributed by atoms with van der Waals surface area (Å²) in [6, 6.07) is 5.70. The van der Waals surface area contributed by atoms with Gasteiger partial charge in [-0.05, 0) is 62.4 Å². The SMILES string of the molecule is CCC1CCCN(C(CN)c2ccc(C)c(F)c2)CC1. The molecule has 1 aliphatic rings. The molecular formula is C17H27FN2. The van der Waals surface area contributed by atoms with E-state index in [-0.39, 0.29) is 11.9 Å². The molecule has 2 N–H and O–H groups in total. The van der Waals surface area contributed by atoms with Gasteiger partial charge in [-0.1, -0.05) is 25.5 Å². The molecule has 0 bridgehead atoms. The van der Waals surface area contributed by atoms with Gasteiger partial charge < -0.3 is 5.73 Å². The minimum Gasteiger partial charge on any atom is -0.329 e. The van der Waals surface area contributed by atoms with Crippen LogP contribution in [0.3, 0.4) is 0 Å². The summed E-state index contributed by atoms with van der Waals surface area (Å²) in [6.45, 7) is 6.79. The van der Waals surface area contributed by atoms with Crippen molar-refractivity contribution in [2.45, 2.75) is 45.6 Å². The minimum absolute atomic E-state index is 0.123. The molecule has 2 nitrogen and oxygen atoms in total. The maximum absolute atomic E-state index is 13.8. The monoisotopic (exact) mass is 278 g/mol. The van der Waals surface area contributed by atoms with Crippen LogP contribution in [-0.2, 0) is 0 Å². The molecule has 1 aliphatic heterocycles. The second-order valence-corrected chi connectivity index (χ2v) is 6.00. The van der Waals surface area contributed by atoms with Crippen LogP contribution in [0, 0.1) is 18.7 Å². The van der Waals surface area contributed by atoms with Gasteiger partial charge in [0.2, 0.25) is 0 Å². The van der Waals surface area contributed by atoms with Gasteiger partial charge in [-0.3, -0.25) is 4.90 Å². The summed E-state index contributed by atoms with van der Waals surface area (Å²) in [7, 11) is 0. The fourth-order valence-electron chi connectivity index (χ4n) is 3.22. The van der Waals surface area contributed by atoms with Crippen molar-refractivity contribution in [2.24, 2.45) is 11.7 Å². The second-order valence-electron chi connectivity index (χ2n) is 6.00. The molecule has 3 heteroatoms. The largest absolute Gasteiger partial charge is 0.329 e. The number of nitrogens with two attached hydrogens (primary N) is 1. The van der Waals surface area contributed by atoms with E-state index in [9.17, 15) is 4.39 Å². The van der Waals surface area contributed by atoms with Crippen LogP contribution in [0.15, 0.2) is 18.2 Å². The molecule has 0 aliphatic carbocycles. The number of hydrogen-bond acceptors (Lipinski definition) is 2. The molecule has 112 valence electrons. The van der Waals surface area contributed by atoms with Crippen molar-refractivity contribution in [1.82, 2.24) is 4.90 Å². The highest BCUT2D eigenvalue weighted by molar-refractivity contribution is 5.26. The van der Waals surface area contributed by atoms with Gasteiger partial charge in [0, 0.05) is 12.6 Å². The van der Waals surface area contributed by atoms with Gasteiger partial charge in [0.05, 0.1) is 0 Å². The first-order valence-corrected chi connectivity index (χ1v) is 7.85. The van der Waals surface area contributed by atoms with Crippen molar-refractivity contribution in [3.63, 3.8) is 0 Å². The topological polar surface area (TPSA) is 29.3 Å². The minimum atomic E-state index is -0.123. The average molecular weight is 278 g/mol. The van der Waals surface area contributed by atoms with E-state index in [0.29, 0.717) is 12.1 Å². The molecule has 20 heavy (non-hydrogen) atoms. The summed E-state index contributed by atoms with van der Waals surface area (Å²) in [5.74, 6) is 0.718. The molecule has 0 spiro atoms. The van der Waals surface area contributed by atoms with E-state index in [1.54, 1.807) is 13.0 Å². The molecule has 2 atom stereocenters. The molecule has 1 saturated heterocycles. The molecular weight excluding hydrogens is 251 g/mol. The number of nitrogens with zero attached hydrogens (tertiary/aromatic N) is 1. The first kappa shape index (κ1) is 15.5. The molecule has 1 aromatic carbocycles. The van der Waals surface area contributed by atoms with Gasteiger partial charge >= 0.3 is 0 Å². The molecule has 1 heterocycles. The van der Waals surface area contributed by atoms with Crippen LogP contribution in [0.5, 0.6) is 0 Å². The Kier molecular flexibility index (Phi) is 5.55. The summed E-state index contributed by atoms with van der Waals surface area (Å²) in [6.07, 6.45) is 5.04. The predicted octanol–water partition coefficient (Wildman–Crippen LogP) is 3.65. The first-order chi connectivity index (χ1) is 9.65. The van der Waals surface area contributed by atoms with Crippen LogP contribution in [0.1, 0.15) is 49.8 Å². The van der Waals surface area contributed by atoms with E-state index in [1.165, 1.54) is 25.7 Å². The number of benzene rings is 1. The highest BCUT2D eigenvalue weighted by Crippen LogP contribution is 2.27. The van der Waals surface area contributed by atoms with E-state index < -0.39 is 0 Å². The summed E-state index contributed by atoms with van der Waals surface area (Å²) in [4.78, 5) is 2.44. The van der Waals surface area contributed by atoms with Crippen molar-refractivity contribution in [3.05, 3.63) is 35.1 Å². The Morgan fingerprint density at radius 2 is 2.15 bits per heavy atom. The van der Waals surface area contributed by atoms with Gasteiger partial charge in [0.25, 0.3) is 0 Å². The van der Waals surface area contributed by atoms with Gasteiger partial charge in [-0.2, -0.15) is 0 Å². The Labute approximate surface area is 122 Å². The van der Waals surface area contributed by atoms with Crippen LogP contribution in [0.2, 0.25) is 0 Å². The van der Waals surface area contributed by atoms with E-state index in [1.807, 2.05) is 12.1 Å². The Bertz CT molecular complexity index is 433. The van der Waals surface area contributed by atoms with Gasteiger partial charge in [0.15, 0.2) is 0 Å². The van der Waals surface area contributed by atoms with E-state index >= 15 is 0 Å². The van der Waals surface area contributed by atoms with Crippen molar-refractivity contribution in [2.75, 3.05) is 19.6 Å². The smallest absolute Gasteiger partial charge is 0.126 e. The standard InChI is InChI=1S/C17H27FN2/c1-3-14-5-4-9-20(10-8-14)17(12-19)15-7-6-13(2)16(18)11-15/h6-7,11,14,17H,3-5,8-10,12,19H2,1-2H3. The van der Waals surface area contributed by atoms with Crippen LogP contribution < -0.4 is 5.73 Å². The third-order valence-corrected chi connectivity index (χ3v) is 4.70. The van der Waals surface area contributed by atoms with Crippen molar-refractivity contribution >= 4 is 0 Å². The van der Waals surface area contributed by atoms with Crippen LogP contribution in [0.4, 0.5) is 4.39 Å². The third-order valence-electron chi connectivity index (χ3n) is 4.70. The molecule has 1 aromatic rings. The zero-order valence-electron chi connectivity index (χ0n) is 12.7. The van der Waals surface area contributed by atoms with Crippen LogP contribution in [0.25, 0.3) is 0 Å². The van der Waals surface area contributed by atoms with Gasteiger partial charge in [-0.25, -0.2) is 4.39 Å². The first-order valence-electron chi connectivity index (χ1n) is 7.85. The fourth-order valence-corrected chi connectivity index (χ4v) is 3.22. The fraction of sp³-hybridized carbons (Fsp3) is 0.647. The van der Waals surface area contributed by atoms with E-state index in [4.69, 9.17) is 5.73 Å². The zero-order valence-corrected chi connectivity index (χ0v) is 12.7. The Morgan fingerprint density at radius 3 is 2.80 bits per heavy atom. The zero-order chi connectivity index (χ0) is 14.5. The number of rotatable bonds is 4. The lowest BCUT2D eigenvalue weighted by atomic mass is 9.98. The predicted molar refractivity (Wildman–Crippen MR) is 82.1 cm³/mol. The summed E-state index contributed by atoms with van der Waals surface area (Å²) < 4.78 is 13.8. The molecule has 1 fully saturated rings. The second kappa shape index (κ2) is 7.19. The summed E-state index contributed by atoms with van der Waals surface area (Å²) in [5.41, 5.74) is 7.70. The van der Waals surface area contributed by atoms with Gasteiger partial charge in [0.1, 0.15) is 5.82 Å². The normalized spacial score (nSPS) is 22.5. The lowest BCUT2D eigenvalue weighted by Gasteiger charge is -2.30. The molecule has 0 radical (unpaired) electrons. The molecule has 0 saturated carbocycles. The number of likely N-dealkylation sites (tertiary alicyclic amines) is 1. The van der Waals surface area contributed by atoms with Gasteiger partial charge in [-0.15, -0.1) is 0 Å². The summed E-state index contributed by atoms with van der Waals surface area (Å²) in [5, 5.41) is 0. The Hall–Kier alpha value is -0.930. The lowest BCUT2D eigenvalue weighted by molar-refractivity contribution is 0.206. The van der Waals surface area contributed by atoms with E-state index in [2.05, 4.69) is 11.8 Å².